The van der Waals surface area contributed by atoms with Gasteiger partial charge in [0.05, 0.1) is 23.3 Å². The van der Waals surface area contributed by atoms with Crippen LogP contribution in [0, 0.1) is 24.4 Å². The molecule has 2 N–H and O–H groups in total. The number of pyridine rings is 1. The van der Waals surface area contributed by atoms with Crippen LogP contribution in [0.5, 0.6) is 0 Å². The third kappa shape index (κ3) is 9.25. The van der Waals surface area contributed by atoms with E-state index in [1.54, 1.807) is 25.1 Å². The number of nitrogens with zero attached hydrogens (tertiary/aromatic N) is 3. The zero-order valence-corrected chi connectivity index (χ0v) is 29.2. The number of halogens is 3. The van der Waals surface area contributed by atoms with Crippen LogP contribution in [0.3, 0.4) is 0 Å². The van der Waals surface area contributed by atoms with Crippen LogP contribution < -0.4 is 10.6 Å². The Balaban J connectivity index is 1.26. The van der Waals surface area contributed by atoms with Crippen molar-refractivity contribution in [1.29, 1.82) is 0 Å². The van der Waals surface area contributed by atoms with E-state index in [2.05, 4.69) is 15.6 Å². The standard InChI is InChI=1S/C34H42F3N5O5S2/c1-23-16-25(18-27(36)17-23)31(24-6-8-26(35)9-7-24)19-34(43)40-33-22-39-21-32(37)30(33)5-3-4-28-20-38-12-15-42(28)49(46,47)41-13-10-29(11-14-41)48(2,44)45/h6-9,16-18,21-22,28-29,31,38H,3-5,10-15,19-20H2,1-2H3,(H,40,43)/t28-,31-/m0/s1. The molecule has 1 aromatic heterocycles. The van der Waals surface area contributed by atoms with Gasteiger partial charge in [-0.05, 0) is 80.0 Å². The maximum absolute atomic E-state index is 15.2. The average Bonchev–Trinajstić information content (AvgIpc) is 3.05. The summed E-state index contributed by atoms with van der Waals surface area (Å²) in [7, 11) is -7.10. The van der Waals surface area contributed by atoms with Crippen molar-refractivity contribution in [2.75, 3.05) is 44.3 Å². The molecule has 0 saturated carbocycles. The smallest absolute Gasteiger partial charge is 0.282 e. The number of rotatable bonds is 12. The molecule has 0 unspecified atom stereocenters. The van der Waals surface area contributed by atoms with Crippen LogP contribution >= 0.6 is 0 Å². The van der Waals surface area contributed by atoms with Crippen LogP contribution in [-0.4, -0.2) is 86.6 Å². The number of anilines is 1. The molecule has 3 aromatic rings. The van der Waals surface area contributed by atoms with Gasteiger partial charge in [0.15, 0.2) is 0 Å². The molecule has 0 aliphatic carbocycles. The lowest BCUT2D eigenvalue weighted by molar-refractivity contribution is -0.116. The molecule has 2 aliphatic rings. The maximum atomic E-state index is 15.2. The molecule has 2 atom stereocenters. The Morgan fingerprint density at radius 1 is 0.980 bits per heavy atom. The van der Waals surface area contributed by atoms with Gasteiger partial charge < -0.3 is 10.6 Å². The van der Waals surface area contributed by atoms with Gasteiger partial charge in [0.1, 0.15) is 27.3 Å². The number of hydrogen-bond donors (Lipinski definition) is 2. The fraction of sp³-hybridized carbons (Fsp3) is 0.471. The first-order valence-electron chi connectivity index (χ1n) is 16.3. The van der Waals surface area contributed by atoms with Crippen LogP contribution in [0.2, 0.25) is 0 Å². The summed E-state index contributed by atoms with van der Waals surface area (Å²) in [5.41, 5.74) is 2.22. The number of piperidine rings is 1. The minimum absolute atomic E-state index is 0.128. The molecule has 266 valence electrons. The van der Waals surface area contributed by atoms with Crippen molar-refractivity contribution in [3.8, 4) is 0 Å². The second-order valence-corrected chi connectivity index (χ2v) is 17.1. The lowest BCUT2D eigenvalue weighted by Crippen LogP contribution is -2.58. The molecule has 2 fully saturated rings. The molecule has 3 heterocycles. The van der Waals surface area contributed by atoms with Gasteiger partial charge in [-0.2, -0.15) is 17.0 Å². The molecule has 1 amide bonds. The average molecular weight is 722 g/mol. The number of benzene rings is 2. The second kappa shape index (κ2) is 15.7. The van der Waals surface area contributed by atoms with E-state index >= 15 is 4.39 Å². The van der Waals surface area contributed by atoms with Crippen LogP contribution in [0.1, 0.15) is 60.3 Å². The minimum atomic E-state index is -3.85. The first kappa shape index (κ1) is 36.9. The molecule has 0 bridgehead atoms. The molecule has 0 spiro atoms. The Labute approximate surface area is 286 Å². The van der Waals surface area contributed by atoms with Crippen molar-refractivity contribution in [2.45, 2.75) is 62.7 Å². The topological polar surface area (TPSA) is 129 Å². The Hall–Kier alpha value is -3.37. The Morgan fingerprint density at radius 3 is 2.37 bits per heavy atom. The highest BCUT2D eigenvalue weighted by atomic mass is 32.2. The summed E-state index contributed by atoms with van der Waals surface area (Å²) in [4.78, 5) is 17.3. The molecule has 2 aromatic carbocycles. The first-order valence-corrected chi connectivity index (χ1v) is 19.7. The summed E-state index contributed by atoms with van der Waals surface area (Å²) in [6.45, 7) is 3.13. The van der Waals surface area contributed by atoms with E-state index in [0.717, 1.165) is 6.20 Å². The number of hydrogen-bond acceptors (Lipinski definition) is 7. The highest BCUT2D eigenvalue weighted by Crippen LogP contribution is 2.31. The van der Waals surface area contributed by atoms with Crippen LogP contribution in [0.15, 0.2) is 54.9 Å². The van der Waals surface area contributed by atoms with Gasteiger partial charge in [0.2, 0.25) is 5.91 Å². The SMILES string of the molecule is Cc1cc(F)cc([C@@H](CC(=O)Nc2cncc(F)c2CCC[C@H]2CNCCN2S(=O)(=O)N2CCC(S(C)(=O)=O)CC2)c2ccc(F)cc2)c1. The summed E-state index contributed by atoms with van der Waals surface area (Å²) >= 11 is 0. The van der Waals surface area contributed by atoms with Crippen molar-refractivity contribution in [1.82, 2.24) is 18.9 Å². The van der Waals surface area contributed by atoms with Gasteiger partial charge in [-0.3, -0.25) is 9.78 Å². The van der Waals surface area contributed by atoms with Gasteiger partial charge in [0.25, 0.3) is 10.2 Å². The second-order valence-electron chi connectivity index (χ2n) is 12.9. The Bertz CT molecular complexity index is 1830. The van der Waals surface area contributed by atoms with E-state index in [0.29, 0.717) is 42.6 Å². The molecule has 5 rings (SSSR count). The van der Waals surface area contributed by atoms with Crippen LogP contribution in [0.4, 0.5) is 18.9 Å². The van der Waals surface area contributed by atoms with Crippen LogP contribution in [-0.2, 0) is 31.3 Å². The summed E-state index contributed by atoms with van der Waals surface area (Å²) in [5.74, 6) is -2.61. The third-order valence-electron chi connectivity index (χ3n) is 9.30. The van der Waals surface area contributed by atoms with Crippen molar-refractivity contribution in [3.05, 3.63) is 94.6 Å². The van der Waals surface area contributed by atoms with Crippen molar-refractivity contribution >= 4 is 31.6 Å². The number of nitrogens with one attached hydrogen (secondary N) is 2. The Kier molecular flexibility index (Phi) is 11.8. The number of piperazine rings is 1. The molecular weight excluding hydrogens is 680 g/mol. The van der Waals surface area contributed by atoms with Crippen molar-refractivity contribution in [2.24, 2.45) is 0 Å². The number of carbonyl (C=O) groups is 1. The number of amides is 1. The van der Waals surface area contributed by atoms with E-state index in [4.69, 9.17) is 0 Å². The monoisotopic (exact) mass is 721 g/mol. The fourth-order valence-electron chi connectivity index (χ4n) is 6.75. The number of carbonyl (C=O) groups excluding carboxylic acids is 1. The predicted molar refractivity (Wildman–Crippen MR) is 181 cm³/mol. The normalized spacial score (nSPS) is 19.1. The maximum Gasteiger partial charge on any atom is 0.282 e. The van der Waals surface area contributed by atoms with E-state index in [9.17, 15) is 30.4 Å². The largest absolute Gasteiger partial charge is 0.324 e. The number of aryl methyl sites for hydroxylation is 1. The molecule has 2 aliphatic heterocycles. The van der Waals surface area contributed by atoms with E-state index in [1.165, 1.54) is 45.3 Å². The zero-order valence-electron chi connectivity index (χ0n) is 27.5. The molecule has 15 heteroatoms. The highest BCUT2D eigenvalue weighted by molar-refractivity contribution is 7.91. The molecule has 0 radical (unpaired) electrons. The molecular formula is C34H42F3N5O5S2. The molecule has 2 saturated heterocycles. The number of aromatic nitrogens is 1. The van der Waals surface area contributed by atoms with Gasteiger partial charge in [0, 0.05) is 62.9 Å². The van der Waals surface area contributed by atoms with Gasteiger partial charge in [-0.25, -0.2) is 21.6 Å². The van der Waals surface area contributed by atoms with Gasteiger partial charge >= 0.3 is 0 Å². The molecule has 49 heavy (non-hydrogen) atoms. The van der Waals surface area contributed by atoms with E-state index < -0.39 is 60.6 Å². The lowest BCUT2D eigenvalue weighted by atomic mass is 9.87. The predicted octanol–water partition coefficient (Wildman–Crippen LogP) is 4.32. The first-order chi connectivity index (χ1) is 23.2. The molecule has 10 nitrogen and oxygen atoms in total. The highest BCUT2D eigenvalue weighted by Gasteiger charge is 2.39. The van der Waals surface area contributed by atoms with Gasteiger partial charge in [-0.15, -0.1) is 0 Å². The van der Waals surface area contributed by atoms with E-state index in [-0.39, 0.29) is 56.6 Å². The summed E-state index contributed by atoms with van der Waals surface area (Å²) in [5, 5.41) is 5.44. The van der Waals surface area contributed by atoms with Crippen LogP contribution in [0.25, 0.3) is 0 Å². The quantitative estimate of drug-likeness (QED) is 0.285. The van der Waals surface area contributed by atoms with Gasteiger partial charge in [-0.1, -0.05) is 18.2 Å². The lowest BCUT2D eigenvalue weighted by Gasteiger charge is -2.40. The number of sulfone groups is 1. The summed E-state index contributed by atoms with van der Waals surface area (Å²) in [6.07, 6.45) is 4.95. The third-order valence-corrected chi connectivity index (χ3v) is 13.1. The zero-order chi connectivity index (χ0) is 35.3. The van der Waals surface area contributed by atoms with Crippen molar-refractivity contribution < 1.29 is 34.8 Å². The minimum Gasteiger partial charge on any atom is -0.324 e. The fourth-order valence-corrected chi connectivity index (χ4v) is 9.66. The summed E-state index contributed by atoms with van der Waals surface area (Å²) < 4.78 is 97.3. The Morgan fingerprint density at radius 2 is 1.69 bits per heavy atom. The van der Waals surface area contributed by atoms with Crippen molar-refractivity contribution in [3.63, 3.8) is 0 Å². The van der Waals surface area contributed by atoms with E-state index in [1.807, 2.05) is 0 Å². The summed E-state index contributed by atoms with van der Waals surface area (Å²) in [6, 6.07) is 9.71.